The van der Waals surface area contributed by atoms with Gasteiger partial charge in [-0.1, -0.05) is 13.0 Å². The fraction of sp³-hybridized carbons (Fsp3) is 0.583. The summed E-state index contributed by atoms with van der Waals surface area (Å²) in [6.07, 6.45) is 5.87. The van der Waals surface area contributed by atoms with Gasteiger partial charge in [-0.25, -0.2) is 0 Å². The van der Waals surface area contributed by atoms with E-state index in [4.69, 9.17) is 5.73 Å². The molecule has 0 aliphatic heterocycles. The van der Waals surface area contributed by atoms with Crippen LogP contribution in [0, 0.1) is 5.92 Å². The van der Waals surface area contributed by atoms with Gasteiger partial charge in [0.1, 0.15) is 0 Å². The maximum atomic E-state index is 5.49. The summed E-state index contributed by atoms with van der Waals surface area (Å²) < 4.78 is 0. The molecule has 1 atom stereocenters. The van der Waals surface area contributed by atoms with Crippen molar-refractivity contribution in [2.24, 2.45) is 11.7 Å². The zero-order chi connectivity index (χ0) is 10.9. The van der Waals surface area contributed by atoms with Crippen LogP contribution >= 0.6 is 0 Å². The topological polar surface area (TPSA) is 50.9 Å². The van der Waals surface area contributed by atoms with Crippen LogP contribution in [0.15, 0.2) is 24.5 Å². The van der Waals surface area contributed by atoms with Crippen LogP contribution in [0.1, 0.15) is 18.9 Å². The lowest BCUT2D eigenvalue weighted by molar-refractivity contribution is 0.489. The first-order valence-electron chi connectivity index (χ1n) is 5.62. The van der Waals surface area contributed by atoms with Crippen LogP contribution in [-0.2, 0) is 6.42 Å². The van der Waals surface area contributed by atoms with Gasteiger partial charge in [-0.15, -0.1) is 0 Å². The Balaban J connectivity index is 2.07. The molecule has 84 valence electrons. The van der Waals surface area contributed by atoms with Gasteiger partial charge in [0, 0.05) is 12.4 Å². The van der Waals surface area contributed by atoms with E-state index in [0.717, 1.165) is 32.5 Å². The van der Waals surface area contributed by atoms with Crippen molar-refractivity contribution in [3.8, 4) is 0 Å². The summed E-state index contributed by atoms with van der Waals surface area (Å²) >= 11 is 0. The molecule has 1 rings (SSSR count). The first-order chi connectivity index (χ1) is 7.33. The van der Waals surface area contributed by atoms with Crippen molar-refractivity contribution < 1.29 is 0 Å². The summed E-state index contributed by atoms with van der Waals surface area (Å²) in [6.45, 7) is 5.08. The number of nitrogens with zero attached hydrogens (tertiary/aromatic N) is 1. The van der Waals surface area contributed by atoms with Crippen LogP contribution in [0.2, 0.25) is 0 Å². The molecule has 1 aromatic heterocycles. The summed E-state index contributed by atoms with van der Waals surface area (Å²) in [6, 6.07) is 4.09. The Labute approximate surface area is 92.1 Å². The highest BCUT2D eigenvalue weighted by atomic mass is 14.9. The number of pyridine rings is 1. The van der Waals surface area contributed by atoms with Gasteiger partial charge in [0.15, 0.2) is 0 Å². The summed E-state index contributed by atoms with van der Waals surface area (Å²) in [5.41, 5.74) is 6.78. The smallest absolute Gasteiger partial charge is 0.0300 e. The molecule has 0 spiro atoms. The van der Waals surface area contributed by atoms with Gasteiger partial charge in [0.25, 0.3) is 0 Å². The predicted molar refractivity (Wildman–Crippen MR) is 63.6 cm³/mol. The lowest BCUT2D eigenvalue weighted by Gasteiger charge is -2.10. The van der Waals surface area contributed by atoms with Gasteiger partial charge < -0.3 is 11.1 Å². The Kier molecular flexibility index (Phi) is 5.97. The molecule has 3 N–H and O–H groups in total. The van der Waals surface area contributed by atoms with E-state index >= 15 is 0 Å². The number of nitrogens with one attached hydrogen (secondary N) is 1. The van der Waals surface area contributed by atoms with E-state index in [-0.39, 0.29) is 0 Å². The fourth-order valence-corrected chi connectivity index (χ4v) is 1.51. The fourth-order valence-electron chi connectivity index (χ4n) is 1.51. The van der Waals surface area contributed by atoms with Crippen LogP contribution < -0.4 is 11.1 Å². The van der Waals surface area contributed by atoms with Crippen LogP contribution in [0.4, 0.5) is 0 Å². The van der Waals surface area contributed by atoms with Crippen molar-refractivity contribution in [1.29, 1.82) is 0 Å². The lowest BCUT2D eigenvalue weighted by atomic mass is 10.1. The second kappa shape index (κ2) is 7.37. The van der Waals surface area contributed by atoms with Gasteiger partial charge in [-0.2, -0.15) is 0 Å². The minimum Gasteiger partial charge on any atom is -0.330 e. The highest BCUT2D eigenvalue weighted by molar-refractivity contribution is 5.08. The summed E-state index contributed by atoms with van der Waals surface area (Å²) in [7, 11) is 0. The van der Waals surface area contributed by atoms with E-state index in [1.807, 2.05) is 12.3 Å². The molecule has 15 heavy (non-hydrogen) atoms. The third kappa shape index (κ3) is 5.50. The van der Waals surface area contributed by atoms with Crippen molar-refractivity contribution in [3.63, 3.8) is 0 Å². The van der Waals surface area contributed by atoms with Gasteiger partial charge in [-0.05, 0) is 50.0 Å². The standard InChI is InChI=1S/C12H21N3/c1-11(4-6-13)9-15-8-5-12-3-2-7-14-10-12/h2-3,7,10-11,15H,4-6,8-9,13H2,1H3. The molecule has 0 radical (unpaired) electrons. The average molecular weight is 207 g/mol. The van der Waals surface area contributed by atoms with Crippen LogP contribution in [0.3, 0.4) is 0 Å². The Morgan fingerprint density at radius 3 is 3.07 bits per heavy atom. The molecule has 3 heteroatoms. The van der Waals surface area contributed by atoms with E-state index in [1.165, 1.54) is 5.56 Å². The van der Waals surface area contributed by atoms with E-state index in [0.29, 0.717) is 5.92 Å². The first kappa shape index (κ1) is 12.1. The average Bonchev–Trinajstić information content (AvgIpc) is 2.26. The van der Waals surface area contributed by atoms with Crippen molar-refractivity contribution in [1.82, 2.24) is 10.3 Å². The molecule has 0 aromatic carbocycles. The normalized spacial score (nSPS) is 12.7. The van der Waals surface area contributed by atoms with Gasteiger partial charge in [0.2, 0.25) is 0 Å². The Morgan fingerprint density at radius 2 is 2.40 bits per heavy atom. The minimum absolute atomic E-state index is 0.670. The molecular formula is C12H21N3. The van der Waals surface area contributed by atoms with E-state index in [2.05, 4.69) is 23.3 Å². The molecule has 0 aliphatic carbocycles. The van der Waals surface area contributed by atoms with Crippen molar-refractivity contribution in [3.05, 3.63) is 30.1 Å². The van der Waals surface area contributed by atoms with E-state index in [1.54, 1.807) is 6.20 Å². The Morgan fingerprint density at radius 1 is 1.53 bits per heavy atom. The molecule has 0 amide bonds. The van der Waals surface area contributed by atoms with Crippen LogP contribution in [0.25, 0.3) is 0 Å². The Hall–Kier alpha value is -0.930. The second-order valence-electron chi connectivity index (χ2n) is 4.00. The monoisotopic (exact) mass is 207 g/mol. The molecule has 0 saturated heterocycles. The third-order valence-electron chi connectivity index (χ3n) is 2.47. The number of aromatic nitrogens is 1. The van der Waals surface area contributed by atoms with E-state index in [9.17, 15) is 0 Å². The Bertz CT molecular complexity index is 248. The number of nitrogens with two attached hydrogens (primary N) is 1. The summed E-state index contributed by atoms with van der Waals surface area (Å²) in [5.74, 6) is 0.670. The van der Waals surface area contributed by atoms with Crippen LogP contribution in [0.5, 0.6) is 0 Å². The predicted octanol–water partition coefficient (Wildman–Crippen LogP) is 1.20. The number of hydrogen-bond donors (Lipinski definition) is 2. The quantitative estimate of drug-likeness (QED) is 0.661. The maximum Gasteiger partial charge on any atom is 0.0300 e. The minimum atomic E-state index is 0.670. The zero-order valence-corrected chi connectivity index (χ0v) is 9.45. The van der Waals surface area contributed by atoms with Crippen molar-refractivity contribution in [2.45, 2.75) is 19.8 Å². The molecule has 1 heterocycles. The lowest BCUT2D eigenvalue weighted by Crippen LogP contribution is -2.24. The second-order valence-corrected chi connectivity index (χ2v) is 4.00. The third-order valence-corrected chi connectivity index (χ3v) is 2.47. The number of rotatable bonds is 7. The maximum absolute atomic E-state index is 5.49. The summed E-state index contributed by atoms with van der Waals surface area (Å²) in [5, 5.41) is 3.44. The van der Waals surface area contributed by atoms with Gasteiger partial charge >= 0.3 is 0 Å². The SMILES string of the molecule is CC(CCN)CNCCc1cccnc1. The van der Waals surface area contributed by atoms with E-state index < -0.39 is 0 Å². The van der Waals surface area contributed by atoms with Gasteiger partial charge in [-0.3, -0.25) is 4.98 Å². The largest absolute Gasteiger partial charge is 0.330 e. The molecule has 1 unspecified atom stereocenters. The summed E-state index contributed by atoms with van der Waals surface area (Å²) in [4.78, 5) is 4.08. The molecule has 0 saturated carbocycles. The molecule has 0 fully saturated rings. The highest BCUT2D eigenvalue weighted by Crippen LogP contribution is 1.98. The zero-order valence-electron chi connectivity index (χ0n) is 9.45. The molecule has 1 aromatic rings. The number of hydrogen-bond acceptors (Lipinski definition) is 3. The molecular weight excluding hydrogens is 186 g/mol. The molecule has 3 nitrogen and oxygen atoms in total. The van der Waals surface area contributed by atoms with Gasteiger partial charge in [0.05, 0.1) is 0 Å². The first-order valence-corrected chi connectivity index (χ1v) is 5.62. The molecule has 0 aliphatic rings. The van der Waals surface area contributed by atoms with Crippen molar-refractivity contribution in [2.75, 3.05) is 19.6 Å². The molecule has 0 bridgehead atoms. The van der Waals surface area contributed by atoms with Crippen LogP contribution in [-0.4, -0.2) is 24.6 Å². The van der Waals surface area contributed by atoms with Crippen molar-refractivity contribution >= 4 is 0 Å². The highest BCUT2D eigenvalue weighted by Gasteiger charge is 1.99.